The summed E-state index contributed by atoms with van der Waals surface area (Å²) in [7, 11) is 0. The summed E-state index contributed by atoms with van der Waals surface area (Å²) in [4.78, 5) is 57.3. The predicted octanol–water partition coefficient (Wildman–Crippen LogP) is 2.60. The van der Waals surface area contributed by atoms with Crippen molar-refractivity contribution in [2.45, 2.75) is 103 Å². The highest BCUT2D eigenvalue weighted by molar-refractivity contribution is 5.98. The normalized spacial score (nSPS) is 27.9. The first-order chi connectivity index (χ1) is 19.6. The van der Waals surface area contributed by atoms with Crippen LogP contribution in [-0.2, 0) is 28.7 Å². The number of fused-ring (bicyclic) bond motifs is 1. The van der Waals surface area contributed by atoms with Gasteiger partial charge < -0.3 is 29.7 Å². The third kappa shape index (κ3) is 6.85. The topological polar surface area (TPSA) is 125 Å². The van der Waals surface area contributed by atoms with Gasteiger partial charge in [-0.05, 0) is 44.9 Å². The van der Waals surface area contributed by atoms with Crippen LogP contribution >= 0.6 is 0 Å². The van der Waals surface area contributed by atoms with Gasteiger partial charge in [-0.1, -0.05) is 39.3 Å². The van der Waals surface area contributed by atoms with Gasteiger partial charge in [0.1, 0.15) is 17.7 Å². The maximum atomic E-state index is 14.3. The lowest BCUT2D eigenvalue weighted by molar-refractivity contribution is -0.160. The van der Waals surface area contributed by atoms with Crippen LogP contribution in [0.15, 0.2) is 25.3 Å². The van der Waals surface area contributed by atoms with Crippen molar-refractivity contribution < 1.29 is 33.8 Å². The van der Waals surface area contributed by atoms with Crippen LogP contribution in [0.3, 0.4) is 0 Å². The minimum Gasteiger partial charge on any atom is -0.460 e. The Morgan fingerprint density at radius 1 is 1.27 bits per heavy atom. The molecule has 7 atom stereocenters. The fraction of sp³-hybridized carbons (Fsp3) is 0.742. The number of allylic oxidation sites excluding steroid dienone is 1. The Morgan fingerprint density at radius 3 is 2.61 bits per heavy atom. The molecule has 230 valence electrons. The smallest absolute Gasteiger partial charge is 0.312 e. The Labute approximate surface area is 244 Å². The molecule has 3 aliphatic heterocycles. The first-order valence-electron chi connectivity index (χ1n) is 15.1. The van der Waals surface area contributed by atoms with E-state index in [1.807, 2.05) is 20.8 Å². The van der Waals surface area contributed by atoms with Crippen LogP contribution in [-0.4, -0.2) is 94.7 Å². The molecule has 0 aliphatic carbocycles. The third-order valence-corrected chi connectivity index (χ3v) is 8.51. The molecule has 0 radical (unpaired) electrons. The number of hydrogen-bond acceptors (Lipinski definition) is 7. The lowest BCUT2D eigenvalue weighted by Crippen LogP contribution is -2.59. The van der Waals surface area contributed by atoms with Crippen molar-refractivity contribution in [1.82, 2.24) is 15.1 Å². The first-order valence-corrected chi connectivity index (χ1v) is 15.1. The van der Waals surface area contributed by atoms with Gasteiger partial charge in [0.2, 0.25) is 17.7 Å². The summed E-state index contributed by atoms with van der Waals surface area (Å²) in [6.45, 7) is 15.9. The Bertz CT molecular complexity index is 985. The van der Waals surface area contributed by atoms with Gasteiger partial charge in [0, 0.05) is 19.5 Å². The lowest BCUT2D eigenvalue weighted by Gasteiger charge is -2.39. The van der Waals surface area contributed by atoms with E-state index in [2.05, 4.69) is 18.5 Å². The summed E-state index contributed by atoms with van der Waals surface area (Å²) in [5, 5.41) is 13.2. The molecule has 0 aromatic heterocycles. The number of unbranched alkanes of at least 4 members (excludes halogenated alkanes) is 1. The summed E-state index contributed by atoms with van der Waals surface area (Å²) in [5.41, 5.74) is -1.17. The van der Waals surface area contributed by atoms with Gasteiger partial charge in [-0.2, -0.15) is 0 Å². The van der Waals surface area contributed by atoms with Crippen molar-refractivity contribution in [2.75, 3.05) is 26.2 Å². The zero-order valence-corrected chi connectivity index (χ0v) is 25.2. The highest BCUT2D eigenvalue weighted by Gasteiger charge is 2.75. The molecule has 0 aromatic carbocycles. The van der Waals surface area contributed by atoms with E-state index >= 15 is 0 Å². The molecule has 0 unspecified atom stereocenters. The van der Waals surface area contributed by atoms with E-state index in [1.165, 1.54) is 4.90 Å². The maximum Gasteiger partial charge on any atom is 0.312 e. The molecule has 0 saturated carbocycles. The van der Waals surface area contributed by atoms with Crippen molar-refractivity contribution in [1.29, 1.82) is 0 Å². The Balaban J connectivity index is 1.90. The summed E-state index contributed by atoms with van der Waals surface area (Å²) in [6, 6.07) is -1.53. The van der Waals surface area contributed by atoms with E-state index < -0.39 is 47.7 Å². The molecule has 0 aromatic rings. The zero-order valence-electron chi connectivity index (χ0n) is 25.2. The van der Waals surface area contributed by atoms with E-state index in [4.69, 9.17) is 9.47 Å². The number of hydrogen-bond donors (Lipinski definition) is 2. The number of nitrogens with zero attached hydrogens (tertiary/aromatic N) is 2. The van der Waals surface area contributed by atoms with Crippen molar-refractivity contribution in [3.63, 3.8) is 0 Å². The van der Waals surface area contributed by atoms with Crippen molar-refractivity contribution in [3.05, 3.63) is 25.3 Å². The number of likely N-dealkylation sites (tertiary alicyclic amines) is 1. The fourth-order valence-corrected chi connectivity index (χ4v) is 6.72. The van der Waals surface area contributed by atoms with Crippen LogP contribution in [0.4, 0.5) is 0 Å². The van der Waals surface area contributed by atoms with Gasteiger partial charge >= 0.3 is 5.97 Å². The average Bonchev–Trinajstić information content (AvgIpc) is 3.58. The molecule has 3 fully saturated rings. The number of amides is 3. The van der Waals surface area contributed by atoms with Gasteiger partial charge in [-0.3, -0.25) is 19.2 Å². The molecule has 3 amide bonds. The molecule has 3 rings (SSSR count). The monoisotopic (exact) mass is 575 g/mol. The Morgan fingerprint density at radius 2 is 2.00 bits per heavy atom. The van der Waals surface area contributed by atoms with E-state index in [0.717, 1.165) is 12.8 Å². The lowest BCUT2D eigenvalue weighted by atomic mass is 9.70. The van der Waals surface area contributed by atoms with Gasteiger partial charge in [0.05, 0.1) is 37.1 Å². The number of aliphatic hydroxyl groups excluding tert-OH is 1. The highest BCUT2D eigenvalue weighted by atomic mass is 16.6. The number of ether oxygens (including phenoxy) is 2. The predicted molar refractivity (Wildman–Crippen MR) is 154 cm³/mol. The highest BCUT2D eigenvalue weighted by Crippen LogP contribution is 2.59. The van der Waals surface area contributed by atoms with Crippen LogP contribution in [0.5, 0.6) is 0 Å². The number of aliphatic hydroxyl groups is 1. The largest absolute Gasteiger partial charge is 0.460 e. The summed E-state index contributed by atoms with van der Waals surface area (Å²) in [5.74, 6) is -2.88. The van der Waals surface area contributed by atoms with Gasteiger partial charge in [0.15, 0.2) is 0 Å². The number of rotatable bonds is 17. The number of esters is 1. The second-order valence-corrected chi connectivity index (χ2v) is 12.1. The van der Waals surface area contributed by atoms with E-state index in [9.17, 15) is 24.3 Å². The second kappa shape index (κ2) is 14.4. The molecule has 10 heteroatoms. The number of carbonyl (C=O) groups excluding carboxylic acids is 4. The first kappa shape index (κ1) is 32.8. The molecule has 10 nitrogen and oxygen atoms in total. The molecule has 3 heterocycles. The quantitative estimate of drug-likeness (QED) is 0.202. The molecule has 41 heavy (non-hydrogen) atoms. The van der Waals surface area contributed by atoms with E-state index in [1.54, 1.807) is 24.0 Å². The number of nitrogens with one attached hydrogen (secondary N) is 1. The maximum absolute atomic E-state index is 14.3. The minimum absolute atomic E-state index is 0.145. The zero-order chi connectivity index (χ0) is 30.3. The summed E-state index contributed by atoms with van der Waals surface area (Å²) in [6.07, 6.45) is 6.24. The molecular weight excluding hydrogens is 526 g/mol. The average molecular weight is 576 g/mol. The van der Waals surface area contributed by atoms with Gasteiger partial charge in [-0.25, -0.2) is 0 Å². The Hall–Kier alpha value is -2.72. The van der Waals surface area contributed by atoms with Crippen molar-refractivity contribution >= 4 is 23.7 Å². The standard InChI is InChI=1S/C31H49N3O7/c1-7-10-12-24(36)32-18-21(6)40-30(39)25-23-13-14-31(41-23)26(25)28(37)34(22(19-35)17-20(4)5)27(31)29(38)33(15-9-3)16-11-8-2/h7,9,20-23,25-27,35H,1,3,8,10-19H2,2,4-6H3,(H,32,36)/t21-,22+,23+,25-,26-,27+,31-/m0/s1. The van der Waals surface area contributed by atoms with Crippen LogP contribution in [0.2, 0.25) is 0 Å². The third-order valence-electron chi connectivity index (χ3n) is 8.51. The number of carbonyl (C=O) groups is 4. The molecule has 3 aliphatic rings. The van der Waals surface area contributed by atoms with Gasteiger partial charge in [-0.15, -0.1) is 13.2 Å². The molecule has 3 saturated heterocycles. The molecule has 2 bridgehead atoms. The molecule has 2 N–H and O–H groups in total. The Kier molecular flexibility index (Phi) is 11.6. The van der Waals surface area contributed by atoms with Crippen LogP contribution < -0.4 is 5.32 Å². The summed E-state index contributed by atoms with van der Waals surface area (Å²) < 4.78 is 12.2. The SMILES string of the molecule is C=CCCC(=O)NC[C@H](C)OC(=O)[C@@H]1[C@H]2C(=O)N([C@@H](CO)CC(C)C)[C@H](C(=O)N(CC=C)CCCC)[C@]23CC[C@H]1O3. The molecular formula is C31H49N3O7. The van der Waals surface area contributed by atoms with Crippen molar-refractivity contribution in [3.8, 4) is 0 Å². The van der Waals surface area contributed by atoms with Gasteiger partial charge in [0.25, 0.3) is 0 Å². The molecule has 1 spiro atoms. The second-order valence-electron chi connectivity index (χ2n) is 12.1. The van der Waals surface area contributed by atoms with E-state index in [-0.39, 0.29) is 36.8 Å². The van der Waals surface area contributed by atoms with Crippen LogP contribution in [0.1, 0.15) is 72.6 Å². The van der Waals surface area contributed by atoms with E-state index in [0.29, 0.717) is 45.2 Å². The summed E-state index contributed by atoms with van der Waals surface area (Å²) >= 11 is 0. The van der Waals surface area contributed by atoms with Crippen LogP contribution in [0.25, 0.3) is 0 Å². The van der Waals surface area contributed by atoms with Crippen molar-refractivity contribution in [2.24, 2.45) is 17.8 Å². The fourth-order valence-electron chi connectivity index (χ4n) is 6.72. The minimum atomic E-state index is -1.17. The van der Waals surface area contributed by atoms with Crippen LogP contribution in [0, 0.1) is 17.8 Å².